The van der Waals surface area contributed by atoms with E-state index in [1.807, 2.05) is 0 Å². The van der Waals surface area contributed by atoms with E-state index in [-0.39, 0.29) is 34.2 Å². The molecule has 3 aromatic rings. The normalized spacial score (nSPS) is 11.0. The molecule has 118 valence electrons. The van der Waals surface area contributed by atoms with Crippen molar-refractivity contribution in [2.75, 3.05) is 5.73 Å². The Labute approximate surface area is 134 Å². The van der Waals surface area contributed by atoms with Gasteiger partial charge in [-0.25, -0.2) is 0 Å². The van der Waals surface area contributed by atoms with E-state index in [1.165, 1.54) is 22.7 Å². The molecule has 0 unspecified atom stereocenters. The molecule has 0 radical (unpaired) electrons. The van der Waals surface area contributed by atoms with Crippen molar-refractivity contribution in [3.8, 4) is 6.07 Å². The lowest BCUT2D eigenvalue weighted by Crippen LogP contribution is -2.05. The average Bonchev–Trinajstić information content (AvgIpc) is 2.90. The van der Waals surface area contributed by atoms with Crippen molar-refractivity contribution < 1.29 is 4.92 Å². The predicted octanol–water partition coefficient (Wildman–Crippen LogP) is 2.21. The van der Waals surface area contributed by atoms with Gasteiger partial charge < -0.3 is 5.73 Å². The number of fused-ring (bicyclic) bond motifs is 1. The number of nitro benzene ring substituents is 1. The molecule has 0 atom stereocenters. The van der Waals surface area contributed by atoms with Crippen molar-refractivity contribution in [1.29, 1.82) is 5.26 Å². The van der Waals surface area contributed by atoms with Crippen LogP contribution in [0.1, 0.15) is 11.4 Å². The van der Waals surface area contributed by atoms with E-state index in [0.29, 0.717) is 5.69 Å². The second kappa shape index (κ2) is 5.69. The molecule has 0 aliphatic carbocycles. The van der Waals surface area contributed by atoms with Crippen molar-refractivity contribution in [3.63, 3.8) is 0 Å². The fourth-order valence-corrected chi connectivity index (χ4v) is 2.02. The number of nitro groups is 1. The lowest BCUT2D eigenvalue weighted by Gasteiger charge is -1.98. The number of para-hydroxylation sites is 1. The molecule has 0 bridgehead atoms. The molecule has 3 rings (SSSR count). The van der Waals surface area contributed by atoms with Crippen LogP contribution in [0.5, 0.6) is 0 Å². The molecular weight excluding hydrogens is 314 g/mol. The minimum Gasteiger partial charge on any atom is -0.381 e. The standard InChI is InChI=1S/C13H9N9O2/c1-7-11(13-19-17-9(6-14)12(15)21(13)20-7)18-16-8-4-2-3-5-10(8)22(23)24/h2-5H,15H2,1H3. The monoisotopic (exact) mass is 323 g/mol. The third kappa shape index (κ3) is 2.37. The number of rotatable bonds is 3. The summed E-state index contributed by atoms with van der Waals surface area (Å²) in [4.78, 5) is 10.4. The number of hydrogen-bond acceptors (Lipinski definition) is 9. The molecule has 2 N–H and O–H groups in total. The van der Waals surface area contributed by atoms with Crippen LogP contribution in [0, 0.1) is 28.4 Å². The second-order valence-electron chi connectivity index (χ2n) is 4.66. The number of azo groups is 1. The zero-order valence-corrected chi connectivity index (χ0v) is 12.3. The van der Waals surface area contributed by atoms with Crippen LogP contribution < -0.4 is 5.73 Å². The summed E-state index contributed by atoms with van der Waals surface area (Å²) in [7, 11) is 0. The number of nitrogens with two attached hydrogens (primary N) is 1. The molecule has 1 aromatic carbocycles. The Morgan fingerprint density at radius 2 is 2.08 bits per heavy atom. The van der Waals surface area contributed by atoms with Crippen LogP contribution in [0.25, 0.3) is 5.65 Å². The van der Waals surface area contributed by atoms with E-state index in [0.717, 1.165) is 0 Å². The molecule has 11 nitrogen and oxygen atoms in total. The van der Waals surface area contributed by atoms with Crippen LogP contribution >= 0.6 is 0 Å². The first-order chi connectivity index (χ1) is 11.5. The van der Waals surface area contributed by atoms with Gasteiger partial charge in [-0.15, -0.1) is 20.4 Å². The lowest BCUT2D eigenvalue weighted by molar-refractivity contribution is -0.384. The van der Waals surface area contributed by atoms with Gasteiger partial charge in [-0.05, 0) is 13.0 Å². The number of nitrogen functional groups attached to an aromatic ring is 1. The van der Waals surface area contributed by atoms with Gasteiger partial charge in [0.1, 0.15) is 6.07 Å². The Balaban J connectivity index is 2.12. The van der Waals surface area contributed by atoms with E-state index < -0.39 is 4.92 Å². The summed E-state index contributed by atoms with van der Waals surface area (Å²) < 4.78 is 1.23. The number of nitrogens with zero attached hydrogens (tertiary/aromatic N) is 8. The molecular formula is C13H9N9O2. The fraction of sp³-hybridized carbons (Fsp3) is 0.0769. The predicted molar refractivity (Wildman–Crippen MR) is 81.9 cm³/mol. The van der Waals surface area contributed by atoms with Gasteiger partial charge in [0.2, 0.25) is 11.3 Å². The van der Waals surface area contributed by atoms with E-state index in [4.69, 9.17) is 11.0 Å². The second-order valence-corrected chi connectivity index (χ2v) is 4.66. The van der Waals surface area contributed by atoms with Crippen LogP contribution in [0.4, 0.5) is 22.9 Å². The summed E-state index contributed by atoms with van der Waals surface area (Å²) in [6, 6.07) is 7.75. The summed E-state index contributed by atoms with van der Waals surface area (Å²) in [5.41, 5.74) is 6.55. The van der Waals surface area contributed by atoms with E-state index in [2.05, 4.69) is 25.5 Å². The van der Waals surface area contributed by atoms with E-state index >= 15 is 0 Å². The van der Waals surface area contributed by atoms with Crippen molar-refractivity contribution in [2.24, 2.45) is 10.2 Å². The third-order valence-corrected chi connectivity index (χ3v) is 3.16. The topological polar surface area (TPSA) is 161 Å². The SMILES string of the molecule is Cc1nn2c(N)c(C#N)nnc2c1N=Nc1ccccc1[N+](=O)[O-]. The Morgan fingerprint density at radius 3 is 2.79 bits per heavy atom. The van der Waals surface area contributed by atoms with Crippen molar-refractivity contribution in [3.05, 3.63) is 45.8 Å². The van der Waals surface area contributed by atoms with Gasteiger partial charge in [0.15, 0.2) is 17.2 Å². The van der Waals surface area contributed by atoms with E-state index in [1.54, 1.807) is 19.1 Å². The maximum Gasteiger partial charge on any atom is 0.296 e. The number of anilines is 1. The minimum absolute atomic E-state index is 0.0257. The van der Waals surface area contributed by atoms with Crippen LogP contribution in [0.3, 0.4) is 0 Å². The van der Waals surface area contributed by atoms with Gasteiger partial charge in [-0.3, -0.25) is 10.1 Å². The molecule has 0 amide bonds. The summed E-state index contributed by atoms with van der Waals surface area (Å²) in [5, 5.41) is 39.5. The summed E-state index contributed by atoms with van der Waals surface area (Å²) in [6.45, 7) is 1.65. The first-order valence-electron chi connectivity index (χ1n) is 6.59. The molecule has 2 heterocycles. The highest BCUT2D eigenvalue weighted by Crippen LogP contribution is 2.31. The zero-order chi connectivity index (χ0) is 17.3. The zero-order valence-electron chi connectivity index (χ0n) is 12.3. The van der Waals surface area contributed by atoms with Gasteiger partial charge in [-0.2, -0.15) is 14.9 Å². The number of aryl methyl sites for hydroxylation is 1. The fourth-order valence-electron chi connectivity index (χ4n) is 2.02. The van der Waals surface area contributed by atoms with Gasteiger partial charge in [0.25, 0.3) is 5.69 Å². The Kier molecular flexibility index (Phi) is 3.55. The van der Waals surface area contributed by atoms with Crippen molar-refractivity contribution >= 4 is 28.5 Å². The van der Waals surface area contributed by atoms with Crippen molar-refractivity contribution in [1.82, 2.24) is 19.8 Å². The van der Waals surface area contributed by atoms with Gasteiger partial charge in [0, 0.05) is 6.07 Å². The van der Waals surface area contributed by atoms with Gasteiger partial charge >= 0.3 is 0 Å². The molecule has 0 saturated heterocycles. The first kappa shape index (κ1) is 15.0. The van der Waals surface area contributed by atoms with Gasteiger partial charge in [-0.1, -0.05) is 12.1 Å². The summed E-state index contributed by atoms with van der Waals surface area (Å²) in [5.74, 6) is 0.0257. The Bertz CT molecular complexity index is 1030. The molecule has 2 aromatic heterocycles. The quantitative estimate of drug-likeness (QED) is 0.439. The maximum absolute atomic E-state index is 11.0. The Morgan fingerprint density at radius 1 is 1.33 bits per heavy atom. The van der Waals surface area contributed by atoms with Crippen LogP contribution in [-0.2, 0) is 0 Å². The van der Waals surface area contributed by atoms with Gasteiger partial charge in [0.05, 0.1) is 10.6 Å². The number of hydrogen-bond donors (Lipinski definition) is 1. The largest absolute Gasteiger partial charge is 0.381 e. The molecule has 0 fully saturated rings. The highest BCUT2D eigenvalue weighted by Gasteiger charge is 2.17. The van der Waals surface area contributed by atoms with Crippen molar-refractivity contribution in [2.45, 2.75) is 6.92 Å². The summed E-state index contributed by atoms with van der Waals surface area (Å²) in [6.07, 6.45) is 0. The average molecular weight is 323 g/mol. The number of nitriles is 1. The van der Waals surface area contributed by atoms with Crippen LogP contribution in [0.2, 0.25) is 0 Å². The molecule has 11 heteroatoms. The molecule has 0 saturated carbocycles. The molecule has 0 spiro atoms. The lowest BCUT2D eigenvalue weighted by atomic mass is 10.3. The number of benzene rings is 1. The third-order valence-electron chi connectivity index (χ3n) is 3.16. The smallest absolute Gasteiger partial charge is 0.296 e. The minimum atomic E-state index is -0.547. The maximum atomic E-state index is 11.0. The molecule has 0 aliphatic rings. The van der Waals surface area contributed by atoms with Crippen LogP contribution in [-0.4, -0.2) is 24.7 Å². The summed E-state index contributed by atoms with van der Waals surface area (Å²) >= 11 is 0. The molecule has 0 aliphatic heterocycles. The highest BCUT2D eigenvalue weighted by atomic mass is 16.6. The van der Waals surface area contributed by atoms with E-state index in [9.17, 15) is 10.1 Å². The number of aromatic nitrogens is 4. The Hall–Kier alpha value is -3.94. The van der Waals surface area contributed by atoms with Crippen LogP contribution in [0.15, 0.2) is 34.5 Å². The highest BCUT2D eigenvalue weighted by molar-refractivity contribution is 5.69. The molecule has 24 heavy (non-hydrogen) atoms. The first-order valence-corrected chi connectivity index (χ1v) is 6.59.